The minimum absolute atomic E-state index is 0.0401. The van der Waals surface area contributed by atoms with E-state index in [0.717, 1.165) is 0 Å². The molecule has 1 fully saturated rings. The van der Waals surface area contributed by atoms with Crippen LogP contribution in [-0.2, 0) is 4.79 Å². The summed E-state index contributed by atoms with van der Waals surface area (Å²) in [5.74, 6) is 0.291. The second-order valence-corrected chi connectivity index (χ2v) is 5.44. The van der Waals surface area contributed by atoms with E-state index in [1.54, 1.807) is 6.07 Å². The van der Waals surface area contributed by atoms with Crippen molar-refractivity contribution < 1.29 is 9.90 Å². The molecule has 0 radical (unpaired) electrons. The molecule has 8 heteroatoms. The standard InChI is InChI=1S/C10H7BrClN3O2S/c11-9-5(7(16)2-1-6(9)12)3-13-15-10-14-8(17)4-18-10/h1-3,16H,4H2,(H,14,15,17). The fraction of sp³-hybridized carbons (Fsp3) is 0.100. The number of aromatic hydroxyl groups is 1. The summed E-state index contributed by atoms with van der Waals surface area (Å²) in [5, 5.41) is 20.7. The van der Waals surface area contributed by atoms with Gasteiger partial charge in [0.2, 0.25) is 5.91 Å². The van der Waals surface area contributed by atoms with E-state index in [4.69, 9.17) is 11.6 Å². The van der Waals surface area contributed by atoms with Crippen molar-refractivity contribution in [2.24, 2.45) is 10.2 Å². The highest BCUT2D eigenvalue weighted by molar-refractivity contribution is 9.10. The van der Waals surface area contributed by atoms with Crippen LogP contribution < -0.4 is 5.32 Å². The van der Waals surface area contributed by atoms with Gasteiger partial charge in [0.15, 0.2) is 5.17 Å². The third kappa shape index (κ3) is 3.04. The summed E-state index contributed by atoms with van der Waals surface area (Å²) in [6, 6.07) is 3.03. The van der Waals surface area contributed by atoms with Gasteiger partial charge in [0, 0.05) is 4.47 Å². The van der Waals surface area contributed by atoms with Crippen molar-refractivity contribution >= 4 is 56.6 Å². The van der Waals surface area contributed by atoms with Crippen LogP contribution in [0.25, 0.3) is 0 Å². The molecule has 5 nitrogen and oxygen atoms in total. The number of benzene rings is 1. The number of halogens is 2. The molecule has 2 N–H and O–H groups in total. The molecule has 0 spiro atoms. The molecule has 1 aliphatic heterocycles. The lowest BCUT2D eigenvalue weighted by molar-refractivity contribution is -0.116. The van der Waals surface area contributed by atoms with Gasteiger partial charge in [-0.15, -0.1) is 5.10 Å². The molecule has 1 amide bonds. The fourth-order valence-corrected chi connectivity index (χ4v) is 2.43. The predicted molar refractivity (Wildman–Crippen MR) is 76.4 cm³/mol. The number of phenols is 1. The summed E-state index contributed by atoms with van der Waals surface area (Å²) in [7, 11) is 0. The zero-order chi connectivity index (χ0) is 13.1. The lowest BCUT2D eigenvalue weighted by atomic mass is 10.2. The summed E-state index contributed by atoms with van der Waals surface area (Å²) in [5.41, 5.74) is 0.432. The molecule has 0 bridgehead atoms. The molecular formula is C10H7BrClN3O2S. The van der Waals surface area contributed by atoms with Gasteiger partial charge in [0.1, 0.15) is 5.75 Å². The topological polar surface area (TPSA) is 74.0 Å². The normalized spacial score (nSPS) is 17.7. The monoisotopic (exact) mass is 347 g/mol. The predicted octanol–water partition coefficient (Wildman–Crippen LogP) is 2.36. The number of thioether (sulfide) groups is 1. The third-order valence-corrected chi connectivity index (χ3v) is 4.29. The van der Waals surface area contributed by atoms with Gasteiger partial charge in [0.05, 0.1) is 22.6 Å². The number of nitrogens with zero attached hydrogens (tertiary/aromatic N) is 2. The molecule has 18 heavy (non-hydrogen) atoms. The Morgan fingerprint density at radius 3 is 3.00 bits per heavy atom. The van der Waals surface area contributed by atoms with Crippen molar-refractivity contribution in [2.45, 2.75) is 0 Å². The maximum atomic E-state index is 10.9. The smallest absolute Gasteiger partial charge is 0.236 e. The van der Waals surface area contributed by atoms with Gasteiger partial charge in [-0.3, -0.25) is 4.79 Å². The third-order valence-electron chi connectivity index (χ3n) is 2.03. The Morgan fingerprint density at radius 2 is 2.33 bits per heavy atom. The van der Waals surface area contributed by atoms with Crippen molar-refractivity contribution in [3.05, 3.63) is 27.2 Å². The number of amides is 1. The van der Waals surface area contributed by atoms with Crippen molar-refractivity contribution in [3.63, 3.8) is 0 Å². The van der Waals surface area contributed by atoms with Crippen LogP contribution in [0.3, 0.4) is 0 Å². The first-order valence-corrected chi connectivity index (χ1v) is 6.94. The summed E-state index contributed by atoms with van der Waals surface area (Å²) in [4.78, 5) is 10.9. The number of nitrogens with one attached hydrogen (secondary N) is 1. The minimum Gasteiger partial charge on any atom is -0.507 e. The van der Waals surface area contributed by atoms with E-state index in [1.165, 1.54) is 24.0 Å². The number of hydrogen-bond acceptors (Lipinski definition) is 5. The Bertz CT molecular complexity index is 562. The van der Waals surface area contributed by atoms with Crippen LogP contribution in [0.4, 0.5) is 0 Å². The van der Waals surface area contributed by atoms with Crippen molar-refractivity contribution in [2.75, 3.05) is 5.75 Å². The van der Waals surface area contributed by atoms with Gasteiger partial charge in [-0.05, 0) is 28.1 Å². The van der Waals surface area contributed by atoms with Gasteiger partial charge >= 0.3 is 0 Å². The first-order chi connectivity index (χ1) is 8.58. The van der Waals surface area contributed by atoms with Crippen molar-refractivity contribution in [3.8, 4) is 5.75 Å². The molecular weight excluding hydrogens is 342 g/mol. The molecule has 1 aromatic carbocycles. The van der Waals surface area contributed by atoms with E-state index in [0.29, 0.717) is 26.0 Å². The quantitative estimate of drug-likeness (QED) is 0.636. The SMILES string of the molecule is O=C1CSC(=NN=Cc2c(O)ccc(Cl)c2Br)N1. The van der Waals surface area contributed by atoms with E-state index in [-0.39, 0.29) is 11.7 Å². The summed E-state index contributed by atoms with van der Waals surface area (Å²) >= 11 is 10.4. The number of carbonyl (C=O) groups is 1. The molecule has 0 unspecified atom stereocenters. The Labute approximate surface area is 120 Å². The summed E-state index contributed by atoms with van der Waals surface area (Å²) in [6.07, 6.45) is 1.36. The molecule has 1 heterocycles. The molecule has 0 atom stereocenters. The first-order valence-electron chi connectivity index (χ1n) is 4.78. The molecule has 1 aliphatic rings. The van der Waals surface area contributed by atoms with E-state index in [1.807, 2.05) is 0 Å². The van der Waals surface area contributed by atoms with Crippen LogP contribution in [-0.4, -0.2) is 28.1 Å². The number of amidine groups is 1. The zero-order valence-corrected chi connectivity index (χ0v) is 12.0. The molecule has 1 aromatic rings. The Kier molecular flexibility index (Phi) is 4.26. The maximum Gasteiger partial charge on any atom is 0.236 e. The van der Waals surface area contributed by atoms with Crippen LogP contribution in [0, 0.1) is 0 Å². The van der Waals surface area contributed by atoms with Gasteiger partial charge in [-0.25, -0.2) is 0 Å². The van der Waals surface area contributed by atoms with Gasteiger partial charge in [0.25, 0.3) is 0 Å². The Balaban J connectivity index is 2.19. The average molecular weight is 349 g/mol. The molecule has 0 saturated carbocycles. The van der Waals surface area contributed by atoms with Crippen LogP contribution in [0.1, 0.15) is 5.56 Å². The van der Waals surface area contributed by atoms with Crippen LogP contribution in [0.15, 0.2) is 26.8 Å². The number of carbonyl (C=O) groups excluding carboxylic acids is 1. The number of hydrogen-bond donors (Lipinski definition) is 2. The number of phenolic OH excluding ortho intramolecular Hbond substituents is 1. The summed E-state index contributed by atoms with van der Waals surface area (Å²) < 4.78 is 0.538. The first kappa shape index (κ1) is 13.4. The van der Waals surface area contributed by atoms with Crippen molar-refractivity contribution in [1.82, 2.24) is 5.32 Å². The summed E-state index contributed by atoms with van der Waals surface area (Å²) in [6.45, 7) is 0. The Hall–Kier alpha value is -1.05. The van der Waals surface area contributed by atoms with Gasteiger partial charge in [-0.1, -0.05) is 23.4 Å². The molecule has 1 saturated heterocycles. The molecule has 94 valence electrons. The second-order valence-electron chi connectivity index (χ2n) is 3.28. The minimum atomic E-state index is -0.0965. The lowest BCUT2D eigenvalue weighted by Gasteiger charge is -2.02. The highest BCUT2D eigenvalue weighted by Gasteiger charge is 2.16. The largest absolute Gasteiger partial charge is 0.507 e. The van der Waals surface area contributed by atoms with E-state index in [2.05, 4.69) is 31.4 Å². The molecule has 2 rings (SSSR count). The van der Waals surface area contributed by atoms with E-state index < -0.39 is 0 Å². The second kappa shape index (κ2) is 5.73. The number of rotatable bonds is 2. The van der Waals surface area contributed by atoms with Crippen LogP contribution in [0.5, 0.6) is 5.75 Å². The molecule has 0 aromatic heterocycles. The average Bonchev–Trinajstić information content (AvgIpc) is 2.74. The van der Waals surface area contributed by atoms with Gasteiger partial charge in [-0.2, -0.15) is 5.10 Å². The van der Waals surface area contributed by atoms with E-state index >= 15 is 0 Å². The lowest BCUT2D eigenvalue weighted by Crippen LogP contribution is -2.19. The maximum absolute atomic E-state index is 10.9. The van der Waals surface area contributed by atoms with Crippen LogP contribution in [0.2, 0.25) is 5.02 Å². The van der Waals surface area contributed by atoms with Crippen LogP contribution >= 0.6 is 39.3 Å². The Morgan fingerprint density at radius 1 is 1.56 bits per heavy atom. The molecule has 0 aliphatic carbocycles. The zero-order valence-electron chi connectivity index (χ0n) is 8.85. The fourth-order valence-electron chi connectivity index (χ4n) is 1.20. The van der Waals surface area contributed by atoms with Gasteiger partial charge < -0.3 is 10.4 Å². The highest BCUT2D eigenvalue weighted by Crippen LogP contribution is 2.31. The van der Waals surface area contributed by atoms with Crippen molar-refractivity contribution in [1.29, 1.82) is 0 Å². The highest BCUT2D eigenvalue weighted by atomic mass is 79.9. The van der Waals surface area contributed by atoms with E-state index in [9.17, 15) is 9.90 Å².